The van der Waals surface area contributed by atoms with Crippen molar-refractivity contribution in [2.45, 2.75) is 49.8 Å². The third-order valence-corrected chi connectivity index (χ3v) is 3.13. The van der Waals surface area contributed by atoms with Crippen LogP contribution in [-0.4, -0.2) is 35.0 Å². The summed E-state index contributed by atoms with van der Waals surface area (Å²) < 4.78 is 87.5. The van der Waals surface area contributed by atoms with Gasteiger partial charge in [-0.2, -0.15) is 30.7 Å². The van der Waals surface area contributed by atoms with Crippen LogP contribution >= 0.6 is 0 Å². The van der Waals surface area contributed by atoms with Gasteiger partial charge in [0.25, 0.3) is 0 Å². The number of carbonyl (C=O) groups is 1. The van der Waals surface area contributed by atoms with Gasteiger partial charge < -0.3 is 5.11 Å². The number of halogens is 7. The molecule has 0 aliphatic heterocycles. The molecule has 2 atom stereocenters. The summed E-state index contributed by atoms with van der Waals surface area (Å²) in [6, 6.07) is 0. The maximum atomic E-state index is 13.2. The maximum Gasteiger partial charge on any atom is 0.459 e. The number of aliphatic hydroxyl groups is 1. The van der Waals surface area contributed by atoms with Crippen molar-refractivity contribution in [3.05, 3.63) is 0 Å². The van der Waals surface area contributed by atoms with Crippen LogP contribution in [0.25, 0.3) is 0 Å². The quantitative estimate of drug-likeness (QED) is 0.813. The van der Waals surface area contributed by atoms with E-state index in [1.807, 2.05) is 0 Å². The summed E-state index contributed by atoms with van der Waals surface area (Å²) in [5, 5.41) is 9.12. The van der Waals surface area contributed by atoms with Gasteiger partial charge in [-0.05, 0) is 12.8 Å². The minimum atomic E-state index is -6.50. The van der Waals surface area contributed by atoms with Gasteiger partial charge in [0.2, 0.25) is 0 Å². The lowest BCUT2D eigenvalue weighted by molar-refractivity contribution is -0.373. The van der Waals surface area contributed by atoms with Gasteiger partial charge in [0, 0.05) is 12.3 Å². The molecule has 0 saturated heterocycles. The van der Waals surface area contributed by atoms with Crippen LogP contribution in [0.4, 0.5) is 30.7 Å². The number of alkyl halides is 7. The molecule has 0 heterocycles. The monoisotopic (exact) mass is 296 g/mol. The van der Waals surface area contributed by atoms with Gasteiger partial charge in [-0.15, -0.1) is 0 Å². The van der Waals surface area contributed by atoms with E-state index >= 15 is 0 Å². The van der Waals surface area contributed by atoms with E-state index in [1.54, 1.807) is 0 Å². The fourth-order valence-corrected chi connectivity index (χ4v) is 1.97. The SMILES string of the molecule is O=C1CCCCC1C(O)C(F)(F)C(F)(F)C(F)(F)F. The molecule has 9 heteroatoms. The highest BCUT2D eigenvalue weighted by atomic mass is 19.4. The molecule has 1 rings (SSSR count). The third kappa shape index (κ3) is 2.70. The fourth-order valence-electron chi connectivity index (χ4n) is 1.97. The minimum Gasteiger partial charge on any atom is -0.386 e. The standard InChI is InChI=1S/C10H11F7O2/c11-8(12,9(13,14)10(15,16)17)7(19)5-3-1-2-4-6(5)18/h5,7,19H,1-4H2. The van der Waals surface area contributed by atoms with Crippen molar-refractivity contribution in [3.8, 4) is 0 Å². The lowest BCUT2D eigenvalue weighted by Crippen LogP contribution is -2.60. The lowest BCUT2D eigenvalue weighted by atomic mass is 9.80. The zero-order chi connectivity index (χ0) is 15.1. The summed E-state index contributed by atoms with van der Waals surface area (Å²) in [5.74, 6) is -15.0. The molecule has 1 saturated carbocycles. The molecular formula is C10H11F7O2. The van der Waals surface area contributed by atoms with Crippen molar-refractivity contribution in [1.82, 2.24) is 0 Å². The Balaban J connectivity index is 3.01. The van der Waals surface area contributed by atoms with Crippen LogP contribution in [-0.2, 0) is 4.79 Å². The van der Waals surface area contributed by atoms with Crippen LogP contribution in [0.3, 0.4) is 0 Å². The molecule has 0 amide bonds. The summed E-state index contributed by atoms with van der Waals surface area (Å²) >= 11 is 0. The summed E-state index contributed by atoms with van der Waals surface area (Å²) in [6.07, 6.45) is -9.85. The van der Waals surface area contributed by atoms with Crippen molar-refractivity contribution in [2.75, 3.05) is 0 Å². The first-order valence-electron chi connectivity index (χ1n) is 5.46. The predicted molar refractivity (Wildman–Crippen MR) is 48.9 cm³/mol. The number of hydrogen-bond donors (Lipinski definition) is 1. The Kier molecular flexibility index (Phi) is 4.19. The number of hydrogen-bond acceptors (Lipinski definition) is 2. The average Bonchev–Trinajstić information content (AvgIpc) is 2.27. The number of ketones is 1. The molecule has 1 fully saturated rings. The number of aliphatic hydroxyl groups excluding tert-OH is 1. The molecule has 0 spiro atoms. The van der Waals surface area contributed by atoms with Crippen LogP contribution in [0.15, 0.2) is 0 Å². The van der Waals surface area contributed by atoms with Crippen LogP contribution < -0.4 is 0 Å². The molecule has 1 aliphatic carbocycles. The Labute approximate surface area is 103 Å². The van der Waals surface area contributed by atoms with E-state index in [9.17, 15) is 35.5 Å². The molecule has 0 radical (unpaired) electrons. The van der Waals surface area contributed by atoms with Gasteiger partial charge in [-0.1, -0.05) is 6.42 Å². The van der Waals surface area contributed by atoms with E-state index in [2.05, 4.69) is 0 Å². The average molecular weight is 296 g/mol. The molecule has 1 aliphatic rings. The summed E-state index contributed by atoms with van der Waals surface area (Å²) in [4.78, 5) is 11.2. The highest BCUT2D eigenvalue weighted by molar-refractivity contribution is 5.82. The molecule has 19 heavy (non-hydrogen) atoms. The van der Waals surface area contributed by atoms with E-state index in [0.717, 1.165) is 0 Å². The number of Topliss-reactive ketones (excluding diaryl/α,β-unsaturated/α-hetero) is 1. The largest absolute Gasteiger partial charge is 0.459 e. The molecule has 0 aromatic heterocycles. The summed E-state index contributed by atoms with van der Waals surface area (Å²) in [6.45, 7) is 0. The Bertz CT molecular complexity index is 350. The summed E-state index contributed by atoms with van der Waals surface area (Å²) in [7, 11) is 0. The molecular weight excluding hydrogens is 285 g/mol. The molecule has 2 nitrogen and oxygen atoms in total. The normalized spacial score (nSPS) is 24.4. The third-order valence-electron chi connectivity index (χ3n) is 3.13. The van der Waals surface area contributed by atoms with Gasteiger partial charge in [-0.25, -0.2) is 0 Å². The second-order valence-electron chi connectivity index (χ2n) is 4.46. The van der Waals surface area contributed by atoms with Gasteiger partial charge >= 0.3 is 18.0 Å². The first kappa shape index (κ1) is 16.2. The Morgan fingerprint density at radius 3 is 2.00 bits per heavy atom. The van der Waals surface area contributed by atoms with Gasteiger partial charge in [0.15, 0.2) is 0 Å². The zero-order valence-corrected chi connectivity index (χ0v) is 9.48. The molecule has 112 valence electrons. The van der Waals surface area contributed by atoms with Crippen molar-refractivity contribution in [3.63, 3.8) is 0 Å². The van der Waals surface area contributed by atoms with E-state index in [4.69, 9.17) is 5.11 Å². The van der Waals surface area contributed by atoms with Gasteiger partial charge in [0.1, 0.15) is 11.9 Å². The van der Waals surface area contributed by atoms with E-state index in [-0.39, 0.29) is 19.3 Å². The molecule has 0 bridgehead atoms. The number of rotatable bonds is 3. The summed E-state index contributed by atoms with van der Waals surface area (Å²) in [5.41, 5.74) is 0. The van der Waals surface area contributed by atoms with Crippen molar-refractivity contribution < 1.29 is 40.6 Å². The molecule has 2 unspecified atom stereocenters. The molecule has 1 N–H and O–H groups in total. The van der Waals surface area contributed by atoms with Crippen molar-refractivity contribution in [2.24, 2.45) is 5.92 Å². The fraction of sp³-hybridized carbons (Fsp3) is 0.900. The Morgan fingerprint density at radius 1 is 1.05 bits per heavy atom. The highest BCUT2D eigenvalue weighted by Gasteiger charge is 2.76. The maximum absolute atomic E-state index is 13.2. The molecule has 0 aromatic rings. The highest BCUT2D eigenvalue weighted by Crippen LogP contribution is 2.50. The van der Waals surface area contributed by atoms with E-state index < -0.39 is 35.8 Å². The van der Waals surface area contributed by atoms with Crippen LogP contribution in [0, 0.1) is 5.92 Å². The Morgan fingerprint density at radius 2 is 1.58 bits per heavy atom. The second kappa shape index (κ2) is 4.92. The smallest absolute Gasteiger partial charge is 0.386 e. The van der Waals surface area contributed by atoms with Crippen molar-refractivity contribution in [1.29, 1.82) is 0 Å². The first-order chi connectivity index (χ1) is 8.43. The number of carbonyl (C=O) groups excluding carboxylic acids is 1. The van der Waals surface area contributed by atoms with Crippen molar-refractivity contribution >= 4 is 5.78 Å². The van der Waals surface area contributed by atoms with Gasteiger partial charge in [0.05, 0.1) is 0 Å². The topological polar surface area (TPSA) is 37.3 Å². The van der Waals surface area contributed by atoms with E-state index in [1.165, 1.54) is 0 Å². The second-order valence-corrected chi connectivity index (χ2v) is 4.46. The predicted octanol–water partition coefficient (Wildman–Crippen LogP) is 2.94. The lowest BCUT2D eigenvalue weighted by Gasteiger charge is -2.35. The zero-order valence-electron chi connectivity index (χ0n) is 9.48. The van der Waals surface area contributed by atoms with Crippen LogP contribution in [0.1, 0.15) is 25.7 Å². The van der Waals surface area contributed by atoms with Crippen LogP contribution in [0.2, 0.25) is 0 Å². The van der Waals surface area contributed by atoms with E-state index in [0.29, 0.717) is 6.42 Å². The first-order valence-corrected chi connectivity index (χ1v) is 5.46. The van der Waals surface area contributed by atoms with Crippen LogP contribution in [0.5, 0.6) is 0 Å². The van der Waals surface area contributed by atoms with Gasteiger partial charge in [-0.3, -0.25) is 4.79 Å². The Hall–Kier alpha value is -0.860. The molecule has 0 aromatic carbocycles. The minimum absolute atomic E-state index is 0.209.